The molecule has 1 heterocycles. The van der Waals surface area contributed by atoms with E-state index in [0.717, 1.165) is 34.2 Å². The van der Waals surface area contributed by atoms with Gasteiger partial charge in [0.2, 0.25) is 11.8 Å². The molecule has 3 N–H and O–H groups in total. The summed E-state index contributed by atoms with van der Waals surface area (Å²) in [4.78, 5) is 7.02. The molecule has 0 aliphatic carbocycles. The van der Waals surface area contributed by atoms with Gasteiger partial charge in [0.1, 0.15) is 0 Å². The number of aliphatic hydroxyl groups is 1. The van der Waals surface area contributed by atoms with Crippen LogP contribution >= 0.6 is 11.8 Å². The number of guanidine groups is 1. The van der Waals surface area contributed by atoms with Crippen molar-refractivity contribution in [2.45, 2.75) is 75.2 Å². The Labute approximate surface area is 336 Å². The van der Waals surface area contributed by atoms with E-state index in [9.17, 15) is 10.4 Å². The van der Waals surface area contributed by atoms with Gasteiger partial charge in [-0.15, -0.1) is 26.8 Å². The second-order valence-electron chi connectivity index (χ2n) is 13.7. The van der Waals surface area contributed by atoms with Crippen LogP contribution in [0.1, 0.15) is 86.6 Å². The molecule has 0 amide bonds. The van der Waals surface area contributed by atoms with Gasteiger partial charge in [-0.05, 0) is 46.4 Å². The third-order valence-electron chi connectivity index (χ3n) is 9.86. The Morgan fingerprint density at radius 3 is 2.07 bits per heavy atom. The van der Waals surface area contributed by atoms with Crippen molar-refractivity contribution in [3.63, 3.8) is 0 Å². The predicted molar refractivity (Wildman–Crippen MR) is 230 cm³/mol. The number of aliphatic imine (C=N–C) groups is 1. The monoisotopic (exact) mass is 766 g/mol. The molecule has 290 valence electrons. The van der Waals surface area contributed by atoms with Crippen LogP contribution in [0.5, 0.6) is 0 Å². The molecule has 56 heavy (non-hydrogen) atoms. The van der Waals surface area contributed by atoms with Crippen LogP contribution < -0.4 is 5.73 Å². The molecule has 9 nitrogen and oxygen atoms in total. The minimum atomic E-state index is -0.899. The van der Waals surface area contributed by atoms with Gasteiger partial charge in [-0.2, -0.15) is 5.26 Å². The van der Waals surface area contributed by atoms with Crippen molar-refractivity contribution in [1.82, 2.24) is 25.1 Å². The van der Waals surface area contributed by atoms with Gasteiger partial charge in [-0.3, -0.25) is 4.99 Å². The summed E-state index contributed by atoms with van der Waals surface area (Å²) in [5.41, 5.74) is 9.47. The van der Waals surface area contributed by atoms with Crippen LogP contribution in [0.3, 0.4) is 0 Å². The van der Waals surface area contributed by atoms with Gasteiger partial charge in [0.15, 0.2) is 11.7 Å². The number of allylic oxidation sites excluding steroid dienone is 3. The van der Waals surface area contributed by atoms with Crippen LogP contribution in [0, 0.1) is 11.5 Å². The molecule has 2 atom stereocenters. The standard InChI is InChI=1S/C46H54N8OS/c1-3-4-5-6-7-8-9-10-11-12-22-32-42(56-34-33-53(36-47)45(48)49-2)43(55)37-24-23-25-38(35-37)44-50-52-54(51-44)46(39-26-16-13-17-27-39,40-28-18-14-19-29-40)41-30-20-15-21-31-41/h11-32,35,42-43,55H,3-10,33-34H2,1-2H3,(H2,48,49)/t42-,43+/m1/s1. The molecule has 5 rings (SSSR count). The number of benzene rings is 4. The number of rotatable bonds is 21. The van der Waals surface area contributed by atoms with Gasteiger partial charge in [-0.25, -0.2) is 4.90 Å². The molecule has 1 aromatic heterocycles. The fourth-order valence-electron chi connectivity index (χ4n) is 6.84. The van der Waals surface area contributed by atoms with E-state index in [1.165, 1.54) is 49.8 Å². The first kappa shape index (κ1) is 41.7. The minimum Gasteiger partial charge on any atom is -0.387 e. The number of aromatic nitrogens is 4. The van der Waals surface area contributed by atoms with Crippen LogP contribution in [-0.4, -0.2) is 60.8 Å². The minimum absolute atomic E-state index is 0.165. The summed E-state index contributed by atoms with van der Waals surface area (Å²) < 4.78 is 0. The lowest BCUT2D eigenvalue weighted by molar-refractivity contribution is 0.187. The third kappa shape index (κ3) is 10.8. The van der Waals surface area contributed by atoms with Crippen molar-refractivity contribution in [3.8, 4) is 17.6 Å². The highest BCUT2D eigenvalue weighted by atomic mass is 32.2. The zero-order valence-corrected chi connectivity index (χ0v) is 33.4. The molecule has 0 bridgehead atoms. The number of nitriles is 1. The van der Waals surface area contributed by atoms with Gasteiger partial charge in [-0.1, -0.05) is 179 Å². The molecule has 0 unspecified atom stereocenters. The lowest BCUT2D eigenvalue weighted by atomic mass is 9.77. The Morgan fingerprint density at radius 2 is 1.48 bits per heavy atom. The van der Waals surface area contributed by atoms with Crippen LogP contribution in [0.2, 0.25) is 0 Å². The number of unbranched alkanes of at least 4 members (excludes halogenated alkanes) is 7. The summed E-state index contributed by atoms with van der Waals surface area (Å²) >= 11 is 1.56. The van der Waals surface area contributed by atoms with E-state index in [2.05, 4.69) is 71.8 Å². The summed E-state index contributed by atoms with van der Waals surface area (Å²) in [7, 11) is 1.56. The number of aliphatic hydroxyl groups excluding tert-OH is 1. The Balaban J connectivity index is 1.40. The first-order chi connectivity index (χ1) is 27.5. The zero-order valence-electron chi connectivity index (χ0n) is 32.6. The molecule has 0 spiro atoms. The predicted octanol–water partition coefficient (Wildman–Crippen LogP) is 9.30. The van der Waals surface area contributed by atoms with Crippen molar-refractivity contribution in [1.29, 1.82) is 5.26 Å². The molecule has 0 radical (unpaired) electrons. The second-order valence-corrected chi connectivity index (χ2v) is 15.0. The second kappa shape index (κ2) is 22.2. The average Bonchev–Trinajstić information content (AvgIpc) is 3.75. The molecule has 0 fully saturated rings. The fraction of sp³-hybridized carbons (Fsp3) is 0.326. The summed E-state index contributed by atoms with van der Waals surface area (Å²) in [6.07, 6.45) is 19.5. The highest BCUT2D eigenvalue weighted by Gasteiger charge is 2.41. The van der Waals surface area contributed by atoms with E-state index >= 15 is 0 Å². The van der Waals surface area contributed by atoms with E-state index in [1.807, 2.05) is 91.0 Å². The van der Waals surface area contributed by atoms with Gasteiger partial charge in [0.05, 0.1) is 11.4 Å². The molecular formula is C46H54N8OS. The van der Waals surface area contributed by atoms with Crippen molar-refractivity contribution >= 4 is 17.7 Å². The van der Waals surface area contributed by atoms with Crippen molar-refractivity contribution in [3.05, 3.63) is 162 Å². The smallest absolute Gasteiger partial charge is 0.204 e. The highest BCUT2D eigenvalue weighted by molar-refractivity contribution is 8.00. The maximum atomic E-state index is 11.9. The number of tetrazole rings is 1. The molecule has 5 aromatic rings. The molecule has 0 saturated carbocycles. The highest BCUT2D eigenvalue weighted by Crippen LogP contribution is 2.40. The fourth-order valence-corrected chi connectivity index (χ4v) is 7.95. The van der Waals surface area contributed by atoms with Crippen molar-refractivity contribution in [2.75, 3.05) is 19.3 Å². The maximum Gasteiger partial charge on any atom is 0.204 e. The maximum absolute atomic E-state index is 11.9. The van der Waals surface area contributed by atoms with Crippen LogP contribution in [0.25, 0.3) is 11.4 Å². The third-order valence-corrected chi connectivity index (χ3v) is 11.1. The van der Waals surface area contributed by atoms with Crippen LogP contribution in [0.4, 0.5) is 0 Å². The van der Waals surface area contributed by atoms with Gasteiger partial charge in [0.25, 0.3) is 0 Å². The molecule has 0 aliphatic rings. The Kier molecular flexibility index (Phi) is 16.5. The number of hydrogen-bond acceptors (Lipinski definition) is 7. The number of thioether (sulfide) groups is 1. The molecule has 0 aliphatic heterocycles. The van der Waals surface area contributed by atoms with E-state index in [0.29, 0.717) is 18.1 Å². The van der Waals surface area contributed by atoms with E-state index in [-0.39, 0.29) is 11.2 Å². The summed E-state index contributed by atoms with van der Waals surface area (Å²) in [6.45, 7) is 2.62. The molecule has 10 heteroatoms. The van der Waals surface area contributed by atoms with Crippen LogP contribution in [0.15, 0.2) is 145 Å². The first-order valence-electron chi connectivity index (χ1n) is 19.6. The molecular weight excluding hydrogens is 713 g/mol. The van der Waals surface area contributed by atoms with Gasteiger partial charge >= 0.3 is 0 Å². The number of hydrogen-bond donors (Lipinski definition) is 2. The Morgan fingerprint density at radius 1 is 0.875 bits per heavy atom. The first-order valence-corrected chi connectivity index (χ1v) is 20.7. The van der Waals surface area contributed by atoms with E-state index in [1.54, 1.807) is 23.6 Å². The summed E-state index contributed by atoms with van der Waals surface area (Å²) in [5.74, 6) is 1.16. The molecule has 4 aromatic carbocycles. The molecule has 0 saturated heterocycles. The number of nitrogens with two attached hydrogens (primary N) is 1. The van der Waals surface area contributed by atoms with E-state index in [4.69, 9.17) is 16.0 Å². The van der Waals surface area contributed by atoms with Crippen molar-refractivity contribution in [2.24, 2.45) is 10.7 Å². The van der Waals surface area contributed by atoms with Crippen LogP contribution in [-0.2, 0) is 5.54 Å². The Bertz CT molecular complexity index is 1930. The number of nitrogens with zero attached hydrogens (tertiary/aromatic N) is 7. The largest absolute Gasteiger partial charge is 0.387 e. The average molecular weight is 767 g/mol. The van der Waals surface area contributed by atoms with Crippen molar-refractivity contribution < 1.29 is 5.11 Å². The van der Waals surface area contributed by atoms with E-state index < -0.39 is 11.6 Å². The van der Waals surface area contributed by atoms with Gasteiger partial charge < -0.3 is 10.8 Å². The normalized spacial score (nSPS) is 13.2. The quantitative estimate of drug-likeness (QED) is 0.0144. The lowest BCUT2D eigenvalue weighted by Crippen LogP contribution is -2.39. The summed E-state index contributed by atoms with van der Waals surface area (Å²) in [5, 5.41) is 35.6. The Hall–Kier alpha value is -5.50. The summed E-state index contributed by atoms with van der Waals surface area (Å²) in [6, 6.07) is 38.4. The lowest BCUT2D eigenvalue weighted by Gasteiger charge is -2.34. The zero-order chi connectivity index (χ0) is 39.4. The SMILES string of the molecule is CCCCCCCCCC=CC=C[C@@H](SCCN(C#N)C(N)=NC)[C@@H](O)c1cccc(-c2nnn(C(c3ccccc3)(c3ccccc3)c3ccccc3)n2)c1. The topological polar surface area (TPSA) is 129 Å². The van der Waals surface area contributed by atoms with Gasteiger partial charge in [0, 0.05) is 24.9 Å².